The van der Waals surface area contributed by atoms with Crippen LogP contribution in [-0.2, 0) is 14.6 Å². The molecule has 0 aliphatic rings. The van der Waals surface area contributed by atoms with Crippen LogP contribution in [0.4, 0.5) is 0 Å². The number of unbranched alkanes of at least 4 members (excludes halogenated alkanes) is 8. The predicted octanol–water partition coefficient (Wildman–Crippen LogP) is 2.53. The van der Waals surface area contributed by atoms with Crippen LogP contribution >= 0.6 is 0 Å². The van der Waals surface area contributed by atoms with Crippen molar-refractivity contribution >= 4 is 10.4 Å². The van der Waals surface area contributed by atoms with E-state index in [0.717, 1.165) is 12.8 Å². The summed E-state index contributed by atoms with van der Waals surface area (Å²) in [6, 6.07) is 0. The molecule has 136 valence electrons. The van der Waals surface area contributed by atoms with Crippen molar-refractivity contribution in [2.45, 2.75) is 78.1 Å². The highest BCUT2D eigenvalue weighted by atomic mass is 32.3. The molecule has 0 fully saturated rings. The molecule has 0 amide bonds. The fourth-order valence-corrected chi connectivity index (χ4v) is 2.25. The van der Waals surface area contributed by atoms with Crippen LogP contribution in [0.1, 0.15) is 78.1 Å². The Morgan fingerprint density at radius 2 is 1.27 bits per heavy atom. The maximum atomic E-state index is 10.1. The molecule has 0 saturated carbocycles. The highest BCUT2D eigenvalue weighted by Crippen LogP contribution is 2.08. The van der Waals surface area contributed by atoms with Crippen molar-refractivity contribution in [3.63, 3.8) is 0 Å². The number of hydrogen-bond acceptors (Lipinski definition) is 4. The van der Waals surface area contributed by atoms with E-state index in [-0.39, 0.29) is 6.61 Å². The zero-order valence-electron chi connectivity index (χ0n) is 15.0. The minimum absolute atomic E-state index is 0.0286. The van der Waals surface area contributed by atoms with E-state index in [1.807, 2.05) is 0 Å². The van der Waals surface area contributed by atoms with Gasteiger partial charge in [0.1, 0.15) is 0 Å². The lowest BCUT2D eigenvalue weighted by Crippen LogP contribution is -3.05. The molecule has 1 N–H and O–H groups in total. The Morgan fingerprint density at radius 3 is 1.64 bits per heavy atom. The number of quaternary nitrogens is 1. The van der Waals surface area contributed by atoms with E-state index in [0.29, 0.717) is 6.42 Å². The molecule has 0 aliphatic carbocycles. The second-order valence-corrected chi connectivity index (χ2v) is 7.07. The van der Waals surface area contributed by atoms with Gasteiger partial charge in [0.05, 0.1) is 27.2 Å². The van der Waals surface area contributed by atoms with Crippen LogP contribution < -0.4 is 4.90 Å². The molecule has 0 spiro atoms. The molecule has 0 aromatic carbocycles. The van der Waals surface area contributed by atoms with Gasteiger partial charge in [0.15, 0.2) is 0 Å². The summed E-state index contributed by atoms with van der Waals surface area (Å²) in [6.07, 6.45) is 11.6. The molecule has 0 radical (unpaired) electrons. The molecular formula is C16H37NO4S. The van der Waals surface area contributed by atoms with Gasteiger partial charge >= 0.3 is 0 Å². The molecule has 6 heteroatoms. The second kappa shape index (κ2) is 17.2. The van der Waals surface area contributed by atoms with Gasteiger partial charge in [-0.3, -0.25) is 4.18 Å². The average molecular weight is 340 g/mol. The first kappa shape index (κ1) is 24.1. The van der Waals surface area contributed by atoms with Crippen molar-refractivity contribution in [2.75, 3.05) is 27.2 Å². The Morgan fingerprint density at radius 1 is 0.818 bits per heavy atom. The predicted molar refractivity (Wildman–Crippen MR) is 90.8 cm³/mol. The Hall–Kier alpha value is -0.170. The standard InChI is InChI=1S/C10H22O4S.C6H15N/c1-2-3-4-5-6-7-8-9-10-14-15(11,12)13;1-4-5-6-7(2)3/h2-10H2,1H3,(H,11,12,13);4-6H2,1-3H3. The van der Waals surface area contributed by atoms with Crippen molar-refractivity contribution in [1.29, 1.82) is 0 Å². The molecule has 0 aromatic rings. The largest absolute Gasteiger partial charge is 0.726 e. The fraction of sp³-hybridized carbons (Fsp3) is 1.00. The second-order valence-electron chi connectivity index (χ2n) is 6.02. The molecule has 0 saturated heterocycles. The maximum Gasteiger partial charge on any atom is 0.217 e. The highest BCUT2D eigenvalue weighted by molar-refractivity contribution is 7.80. The van der Waals surface area contributed by atoms with Crippen molar-refractivity contribution in [2.24, 2.45) is 0 Å². The van der Waals surface area contributed by atoms with Crippen molar-refractivity contribution in [3.8, 4) is 0 Å². The minimum Gasteiger partial charge on any atom is -0.726 e. The zero-order chi connectivity index (χ0) is 17.3. The monoisotopic (exact) mass is 339 g/mol. The lowest BCUT2D eigenvalue weighted by atomic mass is 10.1. The lowest BCUT2D eigenvalue weighted by molar-refractivity contribution is -0.858. The van der Waals surface area contributed by atoms with E-state index < -0.39 is 10.4 Å². The van der Waals surface area contributed by atoms with Crippen LogP contribution in [0.3, 0.4) is 0 Å². The van der Waals surface area contributed by atoms with Gasteiger partial charge in [0, 0.05) is 0 Å². The van der Waals surface area contributed by atoms with Crippen molar-refractivity contribution < 1.29 is 22.1 Å². The third-order valence-electron chi connectivity index (χ3n) is 3.26. The van der Waals surface area contributed by atoms with Gasteiger partial charge in [-0.25, -0.2) is 8.42 Å². The highest BCUT2D eigenvalue weighted by Gasteiger charge is 1.95. The van der Waals surface area contributed by atoms with Gasteiger partial charge in [-0.05, 0) is 12.8 Å². The van der Waals surface area contributed by atoms with E-state index in [1.54, 1.807) is 4.90 Å². The summed E-state index contributed by atoms with van der Waals surface area (Å²) in [7, 11) is -0.0986. The Bertz CT molecular complexity index is 305. The normalized spacial score (nSPS) is 11.4. The molecule has 0 aromatic heterocycles. The number of rotatable bonds is 13. The maximum absolute atomic E-state index is 10.1. The molecule has 0 heterocycles. The van der Waals surface area contributed by atoms with Crippen LogP contribution in [0.25, 0.3) is 0 Å². The van der Waals surface area contributed by atoms with Crippen molar-refractivity contribution in [1.82, 2.24) is 0 Å². The molecular weight excluding hydrogens is 302 g/mol. The first-order valence-electron chi connectivity index (χ1n) is 8.72. The van der Waals surface area contributed by atoms with Crippen LogP contribution in [0.2, 0.25) is 0 Å². The molecule has 0 aliphatic heterocycles. The zero-order valence-corrected chi connectivity index (χ0v) is 15.8. The van der Waals surface area contributed by atoms with Crippen molar-refractivity contribution in [3.05, 3.63) is 0 Å². The number of nitrogens with one attached hydrogen (secondary N) is 1. The smallest absolute Gasteiger partial charge is 0.217 e. The summed E-state index contributed by atoms with van der Waals surface area (Å²) >= 11 is 0. The van der Waals surface area contributed by atoms with E-state index in [2.05, 4.69) is 32.1 Å². The number of hydrogen-bond donors (Lipinski definition) is 1. The topological polar surface area (TPSA) is 70.9 Å². The quantitative estimate of drug-likeness (QED) is 0.318. The first-order valence-corrected chi connectivity index (χ1v) is 10.1. The summed E-state index contributed by atoms with van der Waals surface area (Å²) in [5.41, 5.74) is 0. The van der Waals surface area contributed by atoms with Gasteiger partial charge in [-0.2, -0.15) is 0 Å². The van der Waals surface area contributed by atoms with Gasteiger partial charge in [-0.1, -0.05) is 65.2 Å². The molecule has 0 bridgehead atoms. The van der Waals surface area contributed by atoms with Crippen LogP contribution in [-0.4, -0.2) is 40.2 Å². The van der Waals surface area contributed by atoms with Gasteiger partial charge in [0.25, 0.3) is 0 Å². The van der Waals surface area contributed by atoms with Crippen LogP contribution in [0.5, 0.6) is 0 Å². The first-order chi connectivity index (χ1) is 10.3. The minimum atomic E-state index is -4.48. The summed E-state index contributed by atoms with van der Waals surface area (Å²) < 4.78 is 34.3. The molecule has 22 heavy (non-hydrogen) atoms. The van der Waals surface area contributed by atoms with E-state index in [4.69, 9.17) is 0 Å². The SMILES string of the molecule is CCCCCCCCCCOS(=O)(=O)[O-].CCCC[NH+](C)C. The molecule has 0 rings (SSSR count). The van der Waals surface area contributed by atoms with Gasteiger partial charge in [0.2, 0.25) is 10.4 Å². The Kier molecular flexibility index (Phi) is 18.8. The molecule has 0 atom stereocenters. The van der Waals surface area contributed by atoms with Gasteiger partial charge < -0.3 is 9.45 Å². The summed E-state index contributed by atoms with van der Waals surface area (Å²) in [5.74, 6) is 0. The summed E-state index contributed by atoms with van der Waals surface area (Å²) in [4.78, 5) is 1.56. The average Bonchev–Trinajstić information content (AvgIpc) is 2.43. The molecule has 0 unspecified atom stereocenters. The van der Waals surface area contributed by atoms with Gasteiger partial charge in [-0.15, -0.1) is 0 Å². The summed E-state index contributed by atoms with van der Waals surface area (Å²) in [5, 5.41) is 0. The van der Waals surface area contributed by atoms with Crippen LogP contribution in [0, 0.1) is 0 Å². The third-order valence-corrected chi connectivity index (χ3v) is 3.71. The molecule has 5 nitrogen and oxygen atoms in total. The van der Waals surface area contributed by atoms with E-state index >= 15 is 0 Å². The van der Waals surface area contributed by atoms with Crippen LogP contribution in [0.15, 0.2) is 0 Å². The fourth-order valence-electron chi connectivity index (χ4n) is 1.93. The third kappa shape index (κ3) is 28.1. The van der Waals surface area contributed by atoms with E-state index in [1.165, 1.54) is 51.5 Å². The summed E-state index contributed by atoms with van der Waals surface area (Å²) in [6.45, 7) is 5.75. The van der Waals surface area contributed by atoms with E-state index in [9.17, 15) is 13.0 Å². The Labute approximate surface area is 138 Å². The lowest BCUT2D eigenvalue weighted by Gasteiger charge is -2.06. The Balaban J connectivity index is 0.